The van der Waals surface area contributed by atoms with Gasteiger partial charge in [-0.1, -0.05) is 0 Å². The second kappa shape index (κ2) is 5.49. The molecule has 0 spiro atoms. The lowest BCUT2D eigenvalue weighted by Crippen LogP contribution is -2.42. The molecule has 0 radical (unpaired) electrons. The van der Waals surface area contributed by atoms with Gasteiger partial charge in [0.05, 0.1) is 12.2 Å². The van der Waals surface area contributed by atoms with Gasteiger partial charge in [0.25, 0.3) is 0 Å². The summed E-state index contributed by atoms with van der Waals surface area (Å²) in [6.45, 7) is 2.29. The van der Waals surface area contributed by atoms with Crippen molar-refractivity contribution in [3.63, 3.8) is 0 Å². The average molecular weight is 251 g/mol. The maximum Gasteiger partial charge on any atom is 0.220 e. The molecule has 1 aliphatic rings. The minimum atomic E-state index is -0.180. The van der Waals surface area contributed by atoms with Crippen LogP contribution in [-0.4, -0.2) is 40.2 Å². The summed E-state index contributed by atoms with van der Waals surface area (Å²) in [5.74, 6) is -0.158. The Bertz CT molecular complexity index is 408. The zero-order valence-electron chi connectivity index (χ0n) is 10.7. The van der Waals surface area contributed by atoms with Crippen molar-refractivity contribution < 1.29 is 4.79 Å². The molecule has 1 aromatic heterocycles. The average Bonchev–Trinajstić information content (AvgIpc) is 2.77. The fourth-order valence-electron chi connectivity index (χ4n) is 2.60. The summed E-state index contributed by atoms with van der Waals surface area (Å²) in [5, 5.41) is 4.18. The third kappa shape index (κ3) is 2.70. The van der Waals surface area contributed by atoms with Crippen LogP contribution in [-0.2, 0) is 11.8 Å². The standard InChI is InChI=1S/C12H21N5O/c1-16-8-10(7-15-16)11(6-13)17-4-2-9(3-5-17)12(14)18/h7-9,11H,2-6,13H2,1H3,(H2,14,18). The number of aryl methyl sites for hydroxylation is 1. The molecule has 6 heteroatoms. The maximum absolute atomic E-state index is 11.1. The molecule has 0 bridgehead atoms. The van der Waals surface area contributed by atoms with Crippen LogP contribution in [0.25, 0.3) is 0 Å². The summed E-state index contributed by atoms with van der Waals surface area (Å²) < 4.78 is 1.79. The van der Waals surface area contributed by atoms with E-state index in [1.807, 2.05) is 19.4 Å². The van der Waals surface area contributed by atoms with Crippen LogP contribution in [0, 0.1) is 5.92 Å². The van der Waals surface area contributed by atoms with Crippen LogP contribution in [0.1, 0.15) is 24.4 Å². The number of carbonyl (C=O) groups is 1. The summed E-state index contributed by atoms with van der Waals surface area (Å²) in [5.41, 5.74) is 12.3. The Morgan fingerprint density at radius 1 is 1.56 bits per heavy atom. The van der Waals surface area contributed by atoms with Gasteiger partial charge in [0.2, 0.25) is 5.91 Å². The van der Waals surface area contributed by atoms with Crippen LogP contribution in [0.2, 0.25) is 0 Å². The Morgan fingerprint density at radius 2 is 2.22 bits per heavy atom. The lowest BCUT2D eigenvalue weighted by atomic mass is 9.94. The van der Waals surface area contributed by atoms with Crippen LogP contribution < -0.4 is 11.5 Å². The van der Waals surface area contributed by atoms with Gasteiger partial charge in [0.1, 0.15) is 0 Å². The highest BCUT2D eigenvalue weighted by Crippen LogP contribution is 2.25. The van der Waals surface area contributed by atoms with Gasteiger partial charge in [0, 0.05) is 31.3 Å². The number of hydrogen-bond acceptors (Lipinski definition) is 4. The summed E-state index contributed by atoms with van der Waals surface area (Å²) in [6.07, 6.45) is 5.51. The number of carbonyl (C=O) groups excluding carboxylic acids is 1. The molecule has 1 amide bonds. The number of hydrogen-bond donors (Lipinski definition) is 2. The SMILES string of the molecule is Cn1cc(C(CN)N2CCC(C(N)=O)CC2)cn1. The molecule has 1 atom stereocenters. The van der Waals surface area contributed by atoms with Crippen LogP contribution in [0.5, 0.6) is 0 Å². The summed E-state index contributed by atoms with van der Waals surface area (Å²) in [6, 6.07) is 0.188. The normalized spacial score (nSPS) is 19.9. The van der Waals surface area contributed by atoms with Crippen molar-refractivity contribution in [3.8, 4) is 0 Å². The zero-order chi connectivity index (χ0) is 13.1. The van der Waals surface area contributed by atoms with E-state index in [1.54, 1.807) is 4.68 Å². The highest BCUT2D eigenvalue weighted by Gasteiger charge is 2.28. The lowest BCUT2D eigenvalue weighted by molar-refractivity contribution is -0.123. The second-order valence-corrected chi connectivity index (χ2v) is 4.91. The molecule has 4 N–H and O–H groups in total. The largest absolute Gasteiger partial charge is 0.369 e. The minimum absolute atomic E-state index is 0.0218. The van der Waals surface area contributed by atoms with E-state index in [-0.39, 0.29) is 17.9 Å². The molecule has 2 rings (SSSR count). The number of piperidine rings is 1. The fraction of sp³-hybridized carbons (Fsp3) is 0.667. The van der Waals surface area contributed by atoms with E-state index in [0.29, 0.717) is 6.54 Å². The molecule has 1 fully saturated rings. The maximum atomic E-state index is 11.1. The minimum Gasteiger partial charge on any atom is -0.369 e. The van der Waals surface area contributed by atoms with Gasteiger partial charge in [-0.3, -0.25) is 14.4 Å². The smallest absolute Gasteiger partial charge is 0.220 e. The van der Waals surface area contributed by atoms with Crippen molar-refractivity contribution in [2.75, 3.05) is 19.6 Å². The Labute approximate surface area is 107 Å². The van der Waals surface area contributed by atoms with Crippen molar-refractivity contribution in [3.05, 3.63) is 18.0 Å². The van der Waals surface area contributed by atoms with Crippen LogP contribution >= 0.6 is 0 Å². The van der Waals surface area contributed by atoms with Crippen molar-refractivity contribution in [2.45, 2.75) is 18.9 Å². The first-order valence-electron chi connectivity index (χ1n) is 6.33. The number of rotatable bonds is 4. The topological polar surface area (TPSA) is 90.2 Å². The van der Waals surface area contributed by atoms with E-state index in [1.165, 1.54) is 0 Å². The molecule has 100 valence electrons. The molecular weight excluding hydrogens is 230 g/mol. The number of aromatic nitrogens is 2. The van der Waals surface area contributed by atoms with Crippen LogP contribution in [0.15, 0.2) is 12.4 Å². The summed E-state index contributed by atoms with van der Waals surface area (Å²) in [7, 11) is 1.90. The molecule has 2 heterocycles. The van der Waals surface area contributed by atoms with Gasteiger partial charge in [0.15, 0.2) is 0 Å². The van der Waals surface area contributed by atoms with Crippen molar-refractivity contribution in [1.82, 2.24) is 14.7 Å². The Balaban J connectivity index is 2.00. The molecule has 0 aliphatic carbocycles. The Morgan fingerprint density at radius 3 is 2.67 bits per heavy atom. The monoisotopic (exact) mass is 251 g/mol. The van der Waals surface area contributed by atoms with E-state index in [2.05, 4.69) is 10.00 Å². The first kappa shape index (κ1) is 13.0. The van der Waals surface area contributed by atoms with Crippen molar-refractivity contribution in [2.24, 2.45) is 24.4 Å². The Hall–Kier alpha value is -1.40. The van der Waals surface area contributed by atoms with Gasteiger partial charge >= 0.3 is 0 Å². The van der Waals surface area contributed by atoms with E-state index >= 15 is 0 Å². The van der Waals surface area contributed by atoms with E-state index in [9.17, 15) is 4.79 Å². The first-order chi connectivity index (χ1) is 8.61. The number of nitrogens with two attached hydrogens (primary N) is 2. The van der Waals surface area contributed by atoms with Crippen LogP contribution in [0.4, 0.5) is 0 Å². The number of nitrogens with zero attached hydrogens (tertiary/aromatic N) is 3. The number of amides is 1. The molecule has 0 aromatic carbocycles. The zero-order valence-corrected chi connectivity index (χ0v) is 10.7. The molecule has 1 aromatic rings. The number of likely N-dealkylation sites (tertiary alicyclic amines) is 1. The molecule has 1 aliphatic heterocycles. The third-order valence-corrected chi connectivity index (χ3v) is 3.71. The number of primary amides is 1. The fourth-order valence-corrected chi connectivity index (χ4v) is 2.60. The van der Waals surface area contributed by atoms with Crippen LogP contribution in [0.3, 0.4) is 0 Å². The van der Waals surface area contributed by atoms with E-state index in [4.69, 9.17) is 11.5 Å². The highest BCUT2D eigenvalue weighted by molar-refractivity contribution is 5.76. The quantitative estimate of drug-likeness (QED) is 0.763. The first-order valence-corrected chi connectivity index (χ1v) is 6.33. The van der Waals surface area contributed by atoms with Crippen molar-refractivity contribution >= 4 is 5.91 Å². The molecule has 1 saturated heterocycles. The lowest BCUT2D eigenvalue weighted by Gasteiger charge is -2.35. The predicted molar refractivity (Wildman–Crippen MR) is 68.5 cm³/mol. The summed E-state index contributed by atoms with van der Waals surface area (Å²) in [4.78, 5) is 13.5. The Kier molecular flexibility index (Phi) is 3.98. The van der Waals surface area contributed by atoms with Gasteiger partial charge in [-0.25, -0.2) is 0 Å². The highest BCUT2D eigenvalue weighted by atomic mass is 16.1. The predicted octanol–water partition coefficient (Wildman–Crippen LogP) is -0.383. The second-order valence-electron chi connectivity index (χ2n) is 4.91. The van der Waals surface area contributed by atoms with Gasteiger partial charge in [-0.2, -0.15) is 5.10 Å². The third-order valence-electron chi connectivity index (χ3n) is 3.71. The van der Waals surface area contributed by atoms with Gasteiger partial charge in [-0.15, -0.1) is 0 Å². The molecular formula is C12H21N5O. The van der Waals surface area contributed by atoms with Gasteiger partial charge < -0.3 is 11.5 Å². The molecule has 18 heavy (non-hydrogen) atoms. The van der Waals surface area contributed by atoms with E-state index in [0.717, 1.165) is 31.5 Å². The molecule has 6 nitrogen and oxygen atoms in total. The van der Waals surface area contributed by atoms with E-state index < -0.39 is 0 Å². The van der Waals surface area contributed by atoms with Gasteiger partial charge in [-0.05, 0) is 25.9 Å². The molecule has 1 unspecified atom stereocenters. The summed E-state index contributed by atoms with van der Waals surface area (Å²) >= 11 is 0. The van der Waals surface area contributed by atoms with Crippen molar-refractivity contribution in [1.29, 1.82) is 0 Å². The molecule has 0 saturated carbocycles.